The van der Waals surface area contributed by atoms with Crippen molar-refractivity contribution in [1.29, 1.82) is 0 Å². The molecule has 1 aliphatic rings. The van der Waals surface area contributed by atoms with Crippen molar-refractivity contribution in [2.24, 2.45) is 5.92 Å². The highest BCUT2D eigenvalue weighted by atomic mass is 35.5. The number of ether oxygens (including phenoxy) is 1. The number of aryl methyl sites for hydroxylation is 1. The van der Waals surface area contributed by atoms with Gasteiger partial charge < -0.3 is 9.64 Å². The maximum Gasteiger partial charge on any atom is 0.309 e. The number of likely N-dealkylation sites (tertiary alicyclic amines) is 1. The van der Waals surface area contributed by atoms with Crippen LogP contribution in [-0.2, 0) is 22.7 Å². The van der Waals surface area contributed by atoms with Gasteiger partial charge in [0.2, 0.25) is 0 Å². The van der Waals surface area contributed by atoms with Gasteiger partial charge in [0.25, 0.3) is 5.91 Å². The predicted octanol–water partition coefficient (Wildman–Crippen LogP) is 2.72. The Labute approximate surface area is 168 Å². The quantitative estimate of drug-likeness (QED) is 0.658. The summed E-state index contributed by atoms with van der Waals surface area (Å²) in [5.74, 6) is 0.0358. The first-order valence-corrected chi connectivity index (χ1v) is 9.92. The van der Waals surface area contributed by atoms with Crippen LogP contribution in [0.5, 0.6) is 0 Å². The van der Waals surface area contributed by atoms with Gasteiger partial charge in [-0.2, -0.15) is 0 Å². The monoisotopic (exact) mass is 405 g/mol. The lowest BCUT2D eigenvalue weighted by molar-refractivity contribution is -0.151. The molecule has 1 saturated heterocycles. The number of piperidine rings is 1. The SMILES string of the molecule is CCCCn1nnnc1COC(=O)C1CCN(C(=O)c2ccc(Cl)cc2)CC1. The lowest BCUT2D eigenvalue weighted by Gasteiger charge is -2.31. The van der Waals surface area contributed by atoms with Gasteiger partial charge in [-0.05, 0) is 54.0 Å². The molecule has 1 aliphatic heterocycles. The zero-order chi connectivity index (χ0) is 19.9. The molecule has 28 heavy (non-hydrogen) atoms. The van der Waals surface area contributed by atoms with Crippen LogP contribution >= 0.6 is 11.6 Å². The Bertz CT molecular complexity index is 800. The minimum atomic E-state index is -0.261. The third-order valence-electron chi connectivity index (χ3n) is 4.88. The summed E-state index contributed by atoms with van der Waals surface area (Å²) in [7, 11) is 0. The van der Waals surface area contributed by atoms with Crippen LogP contribution in [0.15, 0.2) is 24.3 Å². The first-order valence-electron chi connectivity index (χ1n) is 9.55. The lowest BCUT2D eigenvalue weighted by Crippen LogP contribution is -2.40. The second-order valence-electron chi connectivity index (χ2n) is 6.85. The molecule has 0 unspecified atom stereocenters. The van der Waals surface area contributed by atoms with Crippen molar-refractivity contribution in [3.05, 3.63) is 40.7 Å². The van der Waals surface area contributed by atoms with E-state index in [9.17, 15) is 9.59 Å². The maximum atomic E-state index is 12.5. The molecule has 1 amide bonds. The van der Waals surface area contributed by atoms with E-state index in [1.54, 1.807) is 33.8 Å². The number of hydrogen-bond donors (Lipinski definition) is 0. The highest BCUT2D eigenvalue weighted by Gasteiger charge is 2.29. The average molecular weight is 406 g/mol. The van der Waals surface area contributed by atoms with E-state index in [1.165, 1.54) is 0 Å². The number of unbranched alkanes of at least 4 members (excludes halogenated alkanes) is 1. The summed E-state index contributed by atoms with van der Waals surface area (Å²) in [6, 6.07) is 6.83. The van der Waals surface area contributed by atoms with E-state index in [1.807, 2.05) is 0 Å². The number of benzene rings is 1. The molecule has 0 radical (unpaired) electrons. The van der Waals surface area contributed by atoms with Gasteiger partial charge in [0.1, 0.15) is 0 Å². The highest BCUT2D eigenvalue weighted by Crippen LogP contribution is 2.21. The Hall–Kier alpha value is -2.48. The van der Waals surface area contributed by atoms with E-state index in [2.05, 4.69) is 22.4 Å². The fourth-order valence-corrected chi connectivity index (χ4v) is 3.28. The van der Waals surface area contributed by atoms with Gasteiger partial charge in [-0.3, -0.25) is 9.59 Å². The Morgan fingerprint density at radius 3 is 2.61 bits per heavy atom. The van der Waals surface area contributed by atoms with Gasteiger partial charge in [-0.15, -0.1) is 5.10 Å². The summed E-state index contributed by atoms with van der Waals surface area (Å²) >= 11 is 5.87. The molecule has 150 valence electrons. The van der Waals surface area contributed by atoms with Gasteiger partial charge >= 0.3 is 5.97 Å². The molecular formula is C19H24ClN5O3. The number of carbonyl (C=O) groups excluding carboxylic acids is 2. The van der Waals surface area contributed by atoms with Gasteiger partial charge in [0.15, 0.2) is 12.4 Å². The summed E-state index contributed by atoms with van der Waals surface area (Å²) in [5, 5.41) is 12.1. The molecule has 0 aliphatic carbocycles. The number of tetrazole rings is 1. The number of carbonyl (C=O) groups is 2. The van der Waals surface area contributed by atoms with Gasteiger partial charge in [0, 0.05) is 30.2 Å². The van der Waals surface area contributed by atoms with E-state index >= 15 is 0 Å². The van der Waals surface area contributed by atoms with Gasteiger partial charge in [0.05, 0.1) is 5.92 Å². The fraction of sp³-hybridized carbons (Fsp3) is 0.526. The van der Waals surface area contributed by atoms with E-state index in [0.717, 1.165) is 12.8 Å². The van der Waals surface area contributed by atoms with Crippen LogP contribution in [0, 0.1) is 5.92 Å². The fourth-order valence-electron chi connectivity index (χ4n) is 3.16. The summed E-state index contributed by atoms with van der Waals surface area (Å²) in [6.45, 7) is 3.92. The number of aromatic nitrogens is 4. The molecule has 1 aromatic carbocycles. The Kier molecular flexibility index (Phi) is 6.97. The molecular weight excluding hydrogens is 382 g/mol. The number of amides is 1. The standard InChI is InChI=1S/C19H24ClN5O3/c1-2-3-10-25-17(21-22-23-25)13-28-19(27)15-8-11-24(12-9-15)18(26)14-4-6-16(20)7-5-14/h4-7,15H,2-3,8-13H2,1H3. The third kappa shape index (κ3) is 5.07. The van der Waals surface area contributed by atoms with Crippen molar-refractivity contribution >= 4 is 23.5 Å². The third-order valence-corrected chi connectivity index (χ3v) is 5.13. The van der Waals surface area contributed by atoms with Crippen molar-refractivity contribution in [2.75, 3.05) is 13.1 Å². The number of esters is 1. The molecule has 8 nitrogen and oxygen atoms in total. The van der Waals surface area contributed by atoms with Crippen LogP contribution < -0.4 is 0 Å². The summed E-state index contributed by atoms with van der Waals surface area (Å²) in [6.07, 6.45) is 3.16. The van der Waals surface area contributed by atoms with E-state index in [0.29, 0.717) is 48.9 Å². The first kappa shape index (κ1) is 20.3. The van der Waals surface area contributed by atoms with Crippen LogP contribution in [0.3, 0.4) is 0 Å². The van der Waals surface area contributed by atoms with E-state index in [-0.39, 0.29) is 24.4 Å². The van der Waals surface area contributed by atoms with Crippen LogP contribution in [0.25, 0.3) is 0 Å². The molecule has 0 spiro atoms. The molecule has 2 heterocycles. The molecule has 0 N–H and O–H groups in total. The number of nitrogens with zero attached hydrogens (tertiary/aromatic N) is 5. The Balaban J connectivity index is 1.47. The smallest absolute Gasteiger partial charge is 0.309 e. The molecule has 1 fully saturated rings. The molecule has 3 rings (SSSR count). The molecule has 0 atom stereocenters. The topological polar surface area (TPSA) is 90.2 Å². The van der Waals surface area contributed by atoms with Gasteiger partial charge in [-0.25, -0.2) is 4.68 Å². The molecule has 2 aromatic rings. The zero-order valence-electron chi connectivity index (χ0n) is 15.9. The number of rotatable bonds is 7. The molecule has 9 heteroatoms. The van der Waals surface area contributed by atoms with E-state index in [4.69, 9.17) is 16.3 Å². The zero-order valence-corrected chi connectivity index (χ0v) is 16.6. The van der Waals surface area contributed by atoms with Crippen molar-refractivity contribution in [3.8, 4) is 0 Å². The van der Waals surface area contributed by atoms with Crippen molar-refractivity contribution in [1.82, 2.24) is 25.1 Å². The summed E-state index contributed by atoms with van der Waals surface area (Å²) in [5.41, 5.74) is 0.601. The number of hydrogen-bond acceptors (Lipinski definition) is 6. The average Bonchev–Trinajstić information content (AvgIpc) is 3.18. The summed E-state index contributed by atoms with van der Waals surface area (Å²) < 4.78 is 7.09. The van der Waals surface area contributed by atoms with Crippen LogP contribution in [0.1, 0.15) is 48.8 Å². The molecule has 0 saturated carbocycles. The number of halogens is 1. The second-order valence-corrected chi connectivity index (χ2v) is 7.29. The van der Waals surface area contributed by atoms with E-state index < -0.39 is 0 Å². The van der Waals surface area contributed by atoms with Crippen LogP contribution in [0.4, 0.5) is 0 Å². The minimum Gasteiger partial charge on any atom is -0.457 e. The van der Waals surface area contributed by atoms with Crippen molar-refractivity contribution < 1.29 is 14.3 Å². The highest BCUT2D eigenvalue weighted by molar-refractivity contribution is 6.30. The lowest BCUT2D eigenvalue weighted by atomic mass is 9.96. The maximum absolute atomic E-state index is 12.5. The summed E-state index contributed by atoms with van der Waals surface area (Å²) in [4.78, 5) is 26.7. The Morgan fingerprint density at radius 2 is 1.93 bits per heavy atom. The Morgan fingerprint density at radius 1 is 1.21 bits per heavy atom. The first-order chi connectivity index (χ1) is 13.6. The molecule has 1 aromatic heterocycles. The second kappa shape index (κ2) is 9.64. The van der Waals surface area contributed by atoms with Crippen LogP contribution in [-0.4, -0.2) is 50.1 Å². The molecule has 0 bridgehead atoms. The largest absolute Gasteiger partial charge is 0.457 e. The van der Waals surface area contributed by atoms with Gasteiger partial charge in [-0.1, -0.05) is 24.9 Å². The predicted molar refractivity (Wildman–Crippen MR) is 103 cm³/mol. The normalized spacial score (nSPS) is 14.9. The van der Waals surface area contributed by atoms with Crippen LogP contribution in [0.2, 0.25) is 5.02 Å². The van der Waals surface area contributed by atoms with Crippen molar-refractivity contribution in [2.45, 2.75) is 45.8 Å². The minimum absolute atomic E-state index is 0.0430. The van der Waals surface area contributed by atoms with Crippen molar-refractivity contribution in [3.63, 3.8) is 0 Å².